The van der Waals surface area contributed by atoms with Crippen LogP contribution in [0.2, 0.25) is 0 Å². The second-order valence-electron chi connectivity index (χ2n) is 7.15. The van der Waals surface area contributed by atoms with Crippen LogP contribution in [-0.4, -0.2) is 53.6 Å². The van der Waals surface area contributed by atoms with Crippen LogP contribution in [0.5, 0.6) is 0 Å². The number of aryl methyl sites for hydroxylation is 2. The first kappa shape index (κ1) is 16.9. The smallest absolute Gasteiger partial charge is 0.410 e. The molecule has 3 heterocycles. The maximum absolute atomic E-state index is 12.7. The van der Waals surface area contributed by atoms with E-state index in [9.17, 15) is 9.59 Å². The SMILES string of the molecule is Cc1cc(C(=O)N2CCC(N3C(=O)OCC3C(C)C)CC2)c(C)o1. The van der Waals surface area contributed by atoms with E-state index in [1.807, 2.05) is 23.6 Å². The quantitative estimate of drug-likeness (QED) is 0.852. The molecule has 0 spiro atoms. The fourth-order valence-corrected chi connectivity index (χ4v) is 3.74. The van der Waals surface area contributed by atoms with Crippen LogP contribution in [0.3, 0.4) is 0 Å². The van der Waals surface area contributed by atoms with E-state index in [0.29, 0.717) is 36.9 Å². The summed E-state index contributed by atoms with van der Waals surface area (Å²) in [6, 6.07) is 2.10. The van der Waals surface area contributed by atoms with Crippen LogP contribution in [0.25, 0.3) is 0 Å². The van der Waals surface area contributed by atoms with Crippen LogP contribution >= 0.6 is 0 Å². The average Bonchev–Trinajstić information content (AvgIpc) is 3.09. The molecule has 1 unspecified atom stereocenters. The van der Waals surface area contributed by atoms with Crippen molar-refractivity contribution >= 4 is 12.0 Å². The molecule has 132 valence electrons. The molecule has 0 bridgehead atoms. The number of nitrogens with zero attached hydrogens (tertiary/aromatic N) is 2. The topological polar surface area (TPSA) is 63.0 Å². The predicted octanol–water partition coefficient (Wildman–Crippen LogP) is 2.98. The van der Waals surface area contributed by atoms with Crippen molar-refractivity contribution in [1.29, 1.82) is 0 Å². The van der Waals surface area contributed by atoms with Crippen molar-refractivity contribution < 1.29 is 18.7 Å². The normalized spacial score (nSPS) is 22.4. The Hall–Kier alpha value is -1.98. The van der Waals surface area contributed by atoms with Crippen molar-refractivity contribution in [3.8, 4) is 0 Å². The van der Waals surface area contributed by atoms with E-state index in [1.165, 1.54) is 0 Å². The van der Waals surface area contributed by atoms with Crippen LogP contribution in [0.1, 0.15) is 48.6 Å². The second kappa shape index (κ2) is 6.49. The van der Waals surface area contributed by atoms with Crippen LogP contribution in [0, 0.1) is 19.8 Å². The van der Waals surface area contributed by atoms with Crippen molar-refractivity contribution in [2.45, 2.75) is 52.6 Å². The Morgan fingerprint density at radius 2 is 1.92 bits per heavy atom. The standard InChI is InChI=1S/C18H26N2O4/c1-11(2)16-10-23-18(22)20(16)14-5-7-19(8-6-14)17(21)15-9-12(3)24-13(15)4/h9,11,14,16H,5-8,10H2,1-4H3. The number of carbonyl (C=O) groups excluding carboxylic acids is 2. The number of rotatable bonds is 3. The average molecular weight is 334 g/mol. The summed E-state index contributed by atoms with van der Waals surface area (Å²) in [6.45, 7) is 9.68. The molecule has 1 aromatic rings. The third kappa shape index (κ3) is 3.01. The molecule has 3 rings (SSSR count). The van der Waals surface area contributed by atoms with E-state index < -0.39 is 0 Å². The number of furan rings is 1. The van der Waals surface area contributed by atoms with E-state index in [-0.39, 0.29) is 24.1 Å². The maximum atomic E-state index is 12.7. The summed E-state index contributed by atoms with van der Waals surface area (Å²) in [5.74, 6) is 1.81. The lowest BCUT2D eigenvalue weighted by Gasteiger charge is -2.38. The summed E-state index contributed by atoms with van der Waals surface area (Å²) in [7, 11) is 0. The number of cyclic esters (lactones) is 1. The van der Waals surface area contributed by atoms with Gasteiger partial charge in [-0.25, -0.2) is 4.79 Å². The molecule has 2 fully saturated rings. The van der Waals surface area contributed by atoms with E-state index in [2.05, 4.69) is 13.8 Å². The minimum Gasteiger partial charge on any atom is -0.466 e. The van der Waals surface area contributed by atoms with Gasteiger partial charge >= 0.3 is 6.09 Å². The highest BCUT2D eigenvalue weighted by molar-refractivity contribution is 5.95. The summed E-state index contributed by atoms with van der Waals surface area (Å²) < 4.78 is 10.7. The number of hydrogen-bond donors (Lipinski definition) is 0. The lowest BCUT2D eigenvalue weighted by atomic mass is 9.97. The van der Waals surface area contributed by atoms with Crippen molar-refractivity contribution in [2.24, 2.45) is 5.92 Å². The molecule has 0 saturated carbocycles. The number of piperidine rings is 1. The van der Waals surface area contributed by atoms with Gasteiger partial charge in [-0.05, 0) is 38.7 Å². The van der Waals surface area contributed by atoms with Crippen molar-refractivity contribution in [3.63, 3.8) is 0 Å². The molecule has 24 heavy (non-hydrogen) atoms. The van der Waals surface area contributed by atoms with Gasteiger partial charge in [0.2, 0.25) is 0 Å². The summed E-state index contributed by atoms with van der Waals surface area (Å²) in [5.41, 5.74) is 0.645. The van der Waals surface area contributed by atoms with Crippen LogP contribution in [-0.2, 0) is 4.74 Å². The zero-order valence-corrected chi connectivity index (χ0v) is 14.9. The van der Waals surface area contributed by atoms with Gasteiger partial charge in [-0.15, -0.1) is 0 Å². The minimum absolute atomic E-state index is 0.0206. The Bertz CT molecular complexity index is 629. The first-order chi connectivity index (χ1) is 11.4. The molecule has 0 aliphatic carbocycles. The molecule has 6 heteroatoms. The highest BCUT2D eigenvalue weighted by Gasteiger charge is 2.41. The van der Waals surface area contributed by atoms with Gasteiger partial charge in [0.1, 0.15) is 18.1 Å². The number of carbonyl (C=O) groups is 2. The highest BCUT2D eigenvalue weighted by atomic mass is 16.6. The molecular weight excluding hydrogens is 308 g/mol. The first-order valence-electron chi connectivity index (χ1n) is 8.70. The largest absolute Gasteiger partial charge is 0.466 e. The summed E-state index contributed by atoms with van der Waals surface area (Å²) >= 11 is 0. The molecule has 6 nitrogen and oxygen atoms in total. The lowest BCUT2D eigenvalue weighted by Crippen LogP contribution is -2.50. The van der Waals surface area contributed by atoms with Crippen molar-refractivity contribution in [2.75, 3.05) is 19.7 Å². The van der Waals surface area contributed by atoms with E-state index >= 15 is 0 Å². The molecule has 2 aliphatic heterocycles. The molecule has 0 radical (unpaired) electrons. The van der Waals surface area contributed by atoms with Crippen LogP contribution < -0.4 is 0 Å². The zero-order valence-electron chi connectivity index (χ0n) is 14.9. The second-order valence-corrected chi connectivity index (χ2v) is 7.15. The molecule has 2 amide bonds. The Morgan fingerprint density at radius 3 is 2.46 bits per heavy atom. The fourth-order valence-electron chi connectivity index (χ4n) is 3.74. The van der Waals surface area contributed by atoms with Crippen molar-refractivity contribution in [3.05, 3.63) is 23.2 Å². The van der Waals surface area contributed by atoms with Gasteiger partial charge in [0.25, 0.3) is 5.91 Å². The molecular formula is C18H26N2O4. The van der Waals surface area contributed by atoms with E-state index in [4.69, 9.17) is 9.15 Å². The lowest BCUT2D eigenvalue weighted by molar-refractivity contribution is 0.0618. The summed E-state index contributed by atoms with van der Waals surface area (Å²) in [6.07, 6.45) is 1.37. The third-order valence-electron chi connectivity index (χ3n) is 5.13. The molecule has 1 aromatic heterocycles. The van der Waals surface area contributed by atoms with Gasteiger partial charge in [0, 0.05) is 19.1 Å². The molecule has 2 aliphatic rings. The Labute approximate surface area is 142 Å². The minimum atomic E-state index is -0.209. The van der Waals surface area contributed by atoms with Gasteiger partial charge in [-0.3, -0.25) is 9.69 Å². The maximum Gasteiger partial charge on any atom is 0.410 e. The van der Waals surface area contributed by atoms with Gasteiger partial charge in [-0.2, -0.15) is 0 Å². The summed E-state index contributed by atoms with van der Waals surface area (Å²) in [5, 5.41) is 0. The molecule has 0 N–H and O–H groups in total. The van der Waals surface area contributed by atoms with E-state index in [1.54, 1.807) is 6.07 Å². The molecule has 0 aromatic carbocycles. The zero-order chi connectivity index (χ0) is 17.4. The fraction of sp³-hybridized carbons (Fsp3) is 0.667. The Morgan fingerprint density at radius 1 is 1.25 bits per heavy atom. The number of hydrogen-bond acceptors (Lipinski definition) is 4. The molecule has 1 atom stereocenters. The third-order valence-corrected chi connectivity index (χ3v) is 5.13. The van der Waals surface area contributed by atoms with Gasteiger partial charge in [-0.1, -0.05) is 13.8 Å². The van der Waals surface area contributed by atoms with E-state index in [0.717, 1.165) is 18.6 Å². The summed E-state index contributed by atoms with van der Waals surface area (Å²) in [4.78, 5) is 28.5. The monoisotopic (exact) mass is 334 g/mol. The number of likely N-dealkylation sites (tertiary alicyclic amines) is 1. The highest BCUT2D eigenvalue weighted by Crippen LogP contribution is 2.28. The first-order valence-corrected chi connectivity index (χ1v) is 8.70. The molecule has 2 saturated heterocycles. The van der Waals surface area contributed by atoms with Crippen LogP contribution in [0.4, 0.5) is 4.79 Å². The Kier molecular flexibility index (Phi) is 4.56. The number of amides is 2. The number of ether oxygens (including phenoxy) is 1. The Balaban J connectivity index is 1.64. The van der Waals surface area contributed by atoms with Crippen LogP contribution in [0.15, 0.2) is 10.5 Å². The predicted molar refractivity (Wildman–Crippen MR) is 88.9 cm³/mol. The van der Waals surface area contributed by atoms with Crippen molar-refractivity contribution in [1.82, 2.24) is 9.80 Å². The van der Waals surface area contributed by atoms with Gasteiger partial charge in [0.05, 0.1) is 11.6 Å². The van der Waals surface area contributed by atoms with Gasteiger partial charge < -0.3 is 14.1 Å². The van der Waals surface area contributed by atoms with Gasteiger partial charge in [0.15, 0.2) is 0 Å².